The summed E-state index contributed by atoms with van der Waals surface area (Å²) in [5.74, 6) is 2.17. The Bertz CT molecular complexity index is 521. The molecule has 0 aliphatic heterocycles. The van der Waals surface area contributed by atoms with E-state index < -0.39 is 0 Å². The molecule has 1 aromatic heterocycles. The number of nitrogens with zero attached hydrogens (tertiary/aromatic N) is 1. The number of aromatic amines is 1. The monoisotopic (exact) mass is 461 g/mol. The third kappa shape index (κ3) is 14.9. The van der Waals surface area contributed by atoms with Gasteiger partial charge in [-0.05, 0) is 32.6 Å². The van der Waals surface area contributed by atoms with Crippen molar-refractivity contribution in [1.82, 2.24) is 4.98 Å². The second kappa shape index (κ2) is 21.7. The number of hydrogen-bond donors (Lipinski definition) is 1. The van der Waals surface area contributed by atoms with Crippen LogP contribution in [0.15, 0.2) is 12.4 Å². The Hall–Kier alpha value is -0.790. The van der Waals surface area contributed by atoms with E-state index in [0.29, 0.717) is 12.0 Å². The zero-order chi connectivity index (χ0) is 24.0. The summed E-state index contributed by atoms with van der Waals surface area (Å²) >= 11 is 0. The fraction of sp³-hybridized carbons (Fsp3) is 0.903. The molecule has 0 fully saturated rings. The molecule has 2 atom stereocenters. The van der Waals surface area contributed by atoms with E-state index in [1.54, 1.807) is 0 Å². The van der Waals surface area contributed by atoms with E-state index in [0.717, 1.165) is 0 Å². The first kappa shape index (κ1) is 30.2. The van der Waals surface area contributed by atoms with Gasteiger partial charge in [-0.1, -0.05) is 136 Å². The smallest absolute Gasteiger partial charge is 0.247 e. The lowest BCUT2D eigenvalue weighted by Gasteiger charge is -2.16. The molecule has 1 rings (SSSR count). The van der Waals surface area contributed by atoms with Crippen LogP contribution >= 0.6 is 0 Å². The average molecular weight is 462 g/mol. The molecule has 0 saturated carbocycles. The zero-order valence-electron chi connectivity index (χ0n) is 23.3. The fourth-order valence-electron chi connectivity index (χ4n) is 5.37. The highest BCUT2D eigenvalue weighted by atomic mass is 15.1. The Labute approximate surface area is 208 Å². The maximum absolute atomic E-state index is 3.61. The maximum Gasteiger partial charge on any atom is 0.257 e. The first-order valence-corrected chi connectivity index (χ1v) is 15.3. The molecule has 0 saturated heterocycles. The number of hydrogen-bond acceptors (Lipinski definition) is 0. The summed E-state index contributed by atoms with van der Waals surface area (Å²) in [6.07, 6.45) is 35.5. The molecular formula is C31H61N2+. The van der Waals surface area contributed by atoms with Gasteiger partial charge >= 0.3 is 0 Å². The van der Waals surface area contributed by atoms with Crippen molar-refractivity contribution >= 4 is 0 Å². The van der Waals surface area contributed by atoms with E-state index in [1.165, 1.54) is 147 Å². The molecule has 1 N–H and O–H groups in total. The van der Waals surface area contributed by atoms with Crippen molar-refractivity contribution in [3.63, 3.8) is 0 Å². The topological polar surface area (TPSA) is 19.7 Å². The number of aromatic nitrogens is 2. The first-order valence-electron chi connectivity index (χ1n) is 15.3. The van der Waals surface area contributed by atoms with Crippen LogP contribution in [-0.2, 0) is 0 Å². The van der Waals surface area contributed by atoms with Crippen LogP contribution in [0.1, 0.15) is 187 Å². The van der Waals surface area contributed by atoms with Crippen molar-refractivity contribution in [3.8, 4) is 0 Å². The number of H-pyrrole nitrogens is 1. The van der Waals surface area contributed by atoms with E-state index >= 15 is 0 Å². The van der Waals surface area contributed by atoms with Crippen molar-refractivity contribution < 1.29 is 4.57 Å². The summed E-state index contributed by atoms with van der Waals surface area (Å²) in [6, 6.07) is 0.623. The van der Waals surface area contributed by atoms with E-state index in [9.17, 15) is 0 Å². The molecule has 2 heteroatoms. The minimum Gasteiger partial charge on any atom is -0.247 e. The van der Waals surface area contributed by atoms with Crippen LogP contribution in [0.3, 0.4) is 0 Å². The van der Waals surface area contributed by atoms with Gasteiger partial charge in [0.05, 0.1) is 12.0 Å². The highest BCUT2D eigenvalue weighted by molar-refractivity contribution is 4.89. The lowest BCUT2D eigenvalue weighted by molar-refractivity contribution is -0.727. The fourth-order valence-corrected chi connectivity index (χ4v) is 5.37. The van der Waals surface area contributed by atoms with Gasteiger partial charge in [-0.3, -0.25) is 0 Å². The Morgan fingerprint density at radius 2 is 1.03 bits per heavy atom. The molecule has 194 valence electrons. The normalized spacial score (nSPS) is 13.5. The molecule has 1 heterocycles. The SMILES string of the molecule is CCCCCCCCCCCCCCCC(C)[n+]1cc[nH]c1C(CC)CCCCCCCC. The van der Waals surface area contributed by atoms with Gasteiger partial charge in [-0.25, -0.2) is 9.55 Å². The van der Waals surface area contributed by atoms with E-state index in [2.05, 4.69) is 49.6 Å². The third-order valence-electron chi connectivity index (χ3n) is 7.73. The lowest BCUT2D eigenvalue weighted by Crippen LogP contribution is -2.41. The summed E-state index contributed by atoms with van der Waals surface area (Å²) in [4.78, 5) is 3.61. The van der Waals surface area contributed by atoms with Gasteiger partial charge in [-0.2, -0.15) is 0 Å². The van der Waals surface area contributed by atoms with E-state index in [1.807, 2.05) is 0 Å². The second-order valence-corrected chi connectivity index (χ2v) is 10.8. The van der Waals surface area contributed by atoms with Crippen molar-refractivity contribution in [2.75, 3.05) is 0 Å². The van der Waals surface area contributed by atoms with Gasteiger partial charge in [0.2, 0.25) is 0 Å². The molecule has 1 aromatic rings. The van der Waals surface area contributed by atoms with E-state index in [4.69, 9.17) is 0 Å². The predicted molar refractivity (Wildman–Crippen MR) is 147 cm³/mol. The predicted octanol–water partition coefficient (Wildman–Crippen LogP) is 10.6. The minimum atomic E-state index is 0.623. The Morgan fingerprint density at radius 1 is 0.606 bits per heavy atom. The van der Waals surface area contributed by atoms with Crippen LogP contribution in [0.25, 0.3) is 0 Å². The average Bonchev–Trinajstić information content (AvgIpc) is 3.31. The van der Waals surface area contributed by atoms with Crippen LogP contribution < -0.4 is 4.57 Å². The Kier molecular flexibility index (Phi) is 19.9. The zero-order valence-corrected chi connectivity index (χ0v) is 23.3. The Balaban J connectivity index is 2.13. The largest absolute Gasteiger partial charge is 0.257 e. The summed E-state index contributed by atoms with van der Waals surface area (Å²) < 4.78 is 2.56. The quantitative estimate of drug-likeness (QED) is 0.117. The highest BCUT2D eigenvalue weighted by Gasteiger charge is 2.24. The molecule has 0 radical (unpaired) electrons. The number of unbranched alkanes of at least 4 members (excludes halogenated alkanes) is 17. The van der Waals surface area contributed by atoms with Crippen LogP contribution in [0.5, 0.6) is 0 Å². The number of nitrogens with one attached hydrogen (secondary N) is 1. The maximum atomic E-state index is 3.61. The van der Waals surface area contributed by atoms with Gasteiger partial charge < -0.3 is 0 Å². The molecule has 0 spiro atoms. The van der Waals surface area contributed by atoms with Gasteiger partial charge in [0, 0.05) is 0 Å². The van der Waals surface area contributed by atoms with E-state index in [-0.39, 0.29) is 0 Å². The van der Waals surface area contributed by atoms with Crippen molar-refractivity contribution in [2.45, 2.75) is 181 Å². The summed E-state index contributed by atoms with van der Waals surface area (Å²) in [7, 11) is 0. The van der Waals surface area contributed by atoms with Crippen LogP contribution in [0.4, 0.5) is 0 Å². The van der Waals surface area contributed by atoms with Gasteiger partial charge in [0.25, 0.3) is 5.82 Å². The van der Waals surface area contributed by atoms with Crippen molar-refractivity contribution in [3.05, 3.63) is 18.2 Å². The van der Waals surface area contributed by atoms with Crippen LogP contribution in [0, 0.1) is 0 Å². The molecule has 33 heavy (non-hydrogen) atoms. The summed E-state index contributed by atoms with van der Waals surface area (Å²) in [6.45, 7) is 9.40. The molecule has 0 aromatic carbocycles. The molecule has 0 amide bonds. The third-order valence-corrected chi connectivity index (χ3v) is 7.73. The molecule has 0 aliphatic carbocycles. The minimum absolute atomic E-state index is 0.623. The molecule has 0 bridgehead atoms. The number of imidazole rings is 1. The molecular weight excluding hydrogens is 400 g/mol. The Morgan fingerprint density at radius 3 is 1.48 bits per heavy atom. The van der Waals surface area contributed by atoms with Crippen LogP contribution in [-0.4, -0.2) is 4.98 Å². The van der Waals surface area contributed by atoms with Gasteiger partial charge in [0.15, 0.2) is 0 Å². The van der Waals surface area contributed by atoms with Crippen LogP contribution in [0.2, 0.25) is 0 Å². The van der Waals surface area contributed by atoms with Crippen molar-refractivity contribution in [1.29, 1.82) is 0 Å². The highest BCUT2D eigenvalue weighted by Crippen LogP contribution is 2.24. The molecule has 2 unspecified atom stereocenters. The summed E-state index contributed by atoms with van der Waals surface area (Å²) in [5.41, 5.74) is 0. The lowest BCUT2D eigenvalue weighted by atomic mass is 9.96. The number of rotatable bonds is 24. The van der Waals surface area contributed by atoms with Crippen molar-refractivity contribution in [2.24, 2.45) is 0 Å². The second-order valence-electron chi connectivity index (χ2n) is 10.8. The first-order chi connectivity index (χ1) is 16.2. The van der Waals surface area contributed by atoms with Gasteiger partial charge in [-0.15, -0.1) is 0 Å². The standard InChI is InChI=1S/C31H60N2/c1-5-8-10-12-14-15-16-17-18-19-20-21-23-25-29(4)33-28-27-32-31(33)30(7-3)26-24-22-13-11-9-6-2/h27-30H,5-26H2,1-4H3/p+1. The summed E-state index contributed by atoms with van der Waals surface area (Å²) in [5, 5.41) is 0. The molecule has 0 aliphatic rings. The molecule has 2 nitrogen and oxygen atoms in total. The van der Waals surface area contributed by atoms with Gasteiger partial charge in [0.1, 0.15) is 12.4 Å².